The van der Waals surface area contributed by atoms with Crippen molar-refractivity contribution in [2.24, 2.45) is 0 Å². The molecule has 5 nitrogen and oxygen atoms in total. The number of fused-ring (bicyclic) bond motifs is 4. The fraction of sp³-hybridized carbons (Fsp3) is 0.129. The Kier molecular flexibility index (Phi) is 11.7. The van der Waals surface area contributed by atoms with Gasteiger partial charge in [0.2, 0.25) is 0 Å². The first-order valence-corrected chi connectivity index (χ1v) is 23.0. The number of pyridine rings is 1. The molecule has 0 aliphatic carbocycles. The maximum absolute atomic E-state index is 6.87. The molecule has 8 aromatic carbocycles. The molecular formula is C62H51N4OPt-3. The van der Waals surface area contributed by atoms with Crippen LogP contribution in [0.2, 0.25) is 0 Å². The van der Waals surface area contributed by atoms with Crippen LogP contribution in [0.25, 0.3) is 38.8 Å². The Hall–Kier alpha value is -7.20. The van der Waals surface area contributed by atoms with Crippen LogP contribution < -0.4 is 14.5 Å². The number of anilines is 4. The molecule has 0 saturated heterocycles. The Labute approximate surface area is 414 Å². The number of hydrogen-bond donors (Lipinski definition) is 0. The zero-order chi connectivity index (χ0) is 45.9. The van der Waals surface area contributed by atoms with Gasteiger partial charge in [-0.25, -0.2) is 4.98 Å². The van der Waals surface area contributed by atoms with Crippen LogP contribution >= 0.6 is 0 Å². The number of aryl methyl sites for hydroxylation is 2. The van der Waals surface area contributed by atoms with Crippen molar-refractivity contribution in [3.8, 4) is 28.4 Å². The molecule has 0 atom stereocenters. The minimum absolute atomic E-state index is 0. The molecule has 11 rings (SSSR count). The normalized spacial score (nSPS) is 12.6. The average Bonchev–Trinajstić information content (AvgIpc) is 3.90. The second kappa shape index (κ2) is 17.8. The molecule has 0 fully saturated rings. The van der Waals surface area contributed by atoms with Gasteiger partial charge < -0.3 is 19.1 Å². The van der Waals surface area contributed by atoms with E-state index in [-0.39, 0.29) is 31.9 Å². The third-order valence-corrected chi connectivity index (χ3v) is 13.8. The molecule has 0 amide bonds. The summed E-state index contributed by atoms with van der Waals surface area (Å²) in [4.78, 5) is 9.37. The Morgan fingerprint density at radius 3 is 1.72 bits per heavy atom. The molecule has 0 N–H and O–H groups in total. The van der Waals surface area contributed by atoms with Crippen molar-refractivity contribution in [3.63, 3.8) is 0 Å². The van der Waals surface area contributed by atoms with E-state index in [4.69, 9.17) is 9.72 Å². The van der Waals surface area contributed by atoms with E-state index in [9.17, 15) is 0 Å². The van der Waals surface area contributed by atoms with Crippen molar-refractivity contribution in [2.45, 2.75) is 52.4 Å². The van der Waals surface area contributed by atoms with E-state index in [1.54, 1.807) is 0 Å². The molecule has 2 aromatic heterocycles. The maximum Gasteiger partial charge on any atom is 0.135 e. The van der Waals surface area contributed by atoms with Gasteiger partial charge in [0.25, 0.3) is 0 Å². The molecule has 3 heterocycles. The van der Waals surface area contributed by atoms with Gasteiger partial charge in [-0.2, -0.15) is 6.07 Å². The Morgan fingerprint density at radius 2 is 1.09 bits per heavy atom. The van der Waals surface area contributed by atoms with Crippen LogP contribution in [0.4, 0.5) is 22.7 Å². The Morgan fingerprint density at radius 1 is 0.500 bits per heavy atom. The molecule has 1 aliphatic heterocycles. The van der Waals surface area contributed by atoms with Crippen molar-refractivity contribution < 1.29 is 25.8 Å². The fourth-order valence-corrected chi connectivity index (χ4v) is 9.61. The van der Waals surface area contributed by atoms with Gasteiger partial charge >= 0.3 is 0 Å². The number of ether oxygens (including phenoxy) is 1. The van der Waals surface area contributed by atoms with E-state index in [1.165, 1.54) is 33.4 Å². The summed E-state index contributed by atoms with van der Waals surface area (Å²) >= 11 is 0. The van der Waals surface area contributed by atoms with Gasteiger partial charge in [-0.05, 0) is 101 Å². The molecule has 0 radical (unpaired) electrons. The smallest absolute Gasteiger partial charge is 0.135 e. The van der Waals surface area contributed by atoms with Crippen LogP contribution in [0.3, 0.4) is 0 Å². The van der Waals surface area contributed by atoms with Crippen LogP contribution in [0, 0.1) is 32.6 Å². The summed E-state index contributed by atoms with van der Waals surface area (Å²) in [7, 11) is 0. The third kappa shape index (κ3) is 7.99. The number of rotatable bonds is 10. The van der Waals surface area contributed by atoms with Gasteiger partial charge in [-0.15, -0.1) is 53.6 Å². The van der Waals surface area contributed by atoms with Gasteiger partial charge in [0.05, 0.1) is 0 Å². The molecule has 338 valence electrons. The number of nitrogens with zero attached hydrogens (tertiary/aromatic N) is 4. The topological polar surface area (TPSA) is 33.5 Å². The number of aromatic nitrogens is 2. The SMILES string of the molecule is Cc1cc2c(cc1C)N(c1cc(C(C)(C)c3ccccc3)cc(C(C)(C)c3ccccc3)c1)[CH-]N2c1[c-]c(Oc2[c-]c3c(cc2)c2ccccc2n3-c2ccccn2)cc(-c2ccccc2)c1.[Pt]. The molecule has 68 heavy (non-hydrogen) atoms. The van der Waals surface area contributed by atoms with E-state index in [0.29, 0.717) is 11.5 Å². The minimum atomic E-state index is -0.278. The summed E-state index contributed by atoms with van der Waals surface area (Å²) in [6.45, 7) is 16.0. The van der Waals surface area contributed by atoms with Gasteiger partial charge in [-0.1, -0.05) is 155 Å². The molecular weight excluding hydrogens is 1010 g/mol. The predicted molar refractivity (Wildman–Crippen MR) is 276 cm³/mol. The fourth-order valence-electron chi connectivity index (χ4n) is 9.61. The number of para-hydroxylation sites is 1. The summed E-state index contributed by atoms with van der Waals surface area (Å²) in [5, 5.41) is 2.21. The summed E-state index contributed by atoms with van der Waals surface area (Å²) in [6.07, 6.45) is 1.83. The first-order chi connectivity index (χ1) is 32.5. The van der Waals surface area contributed by atoms with Crippen LogP contribution in [0.1, 0.15) is 61.1 Å². The Bertz CT molecular complexity index is 3370. The quantitative estimate of drug-likeness (QED) is 0.128. The van der Waals surface area contributed by atoms with Crippen LogP contribution in [0.5, 0.6) is 11.5 Å². The Balaban J connectivity index is 0.00000539. The van der Waals surface area contributed by atoms with E-state index in [1.807, 2.05) is 30.5 Å². The largest absolute Gasteiger partial charge is 0.509 e. The van der Waals surface area contributed by atoms with Crippen molar-refractivity contribution in [3.05, 3.63) is 246 Å². The van der Waals surface area contributed by atoms with Crippen molar-refractivity contribution >= 4 is 44.6 Å². The van der Waals surface area contributed by atoms with Crippen molar-refractivity contribution in [1.82, 2.24) is 9.55 Å². The molecule has 6 heteroatoms. The van der Waals surface area contributed by atoms with E-state index >= 15 is 0 Å². The summed E-state index contributed by atoms with van der Waals surface area (Å²) in [6, 6.07) is 74.2. The second-order valence-corrected chi connectivity index (χ2v) is 18.7. The van der Waals surface area contributed by atoms with Crippen LogP contribution in [-0.4, -0.2) is 9.55 Å². The zero-order valence-electron chi connectivity index (χ0n) is 39.1. The summed E-state index contributed by atoms with van der Waals surface area (Å²) in [5.74, 6) is 2.00. The molecule has 0 bridgehead atoms. The molecule has 10 aromatic rings. The van der Waals surface area contributed by atoms with Crippen LogP contribution in [-0.2, 0) is 31.9 Å². The number of benzene rings is 8. The average molecular weight is 1060 g/mol. The first kappa shape index (κ1) is 44.6. The van der Waals surface area contributed by atoms with E-state index < -0.39 is 0 Å². The standard InChI is InChI=1S/C62H51N4O.Pt/c1-42-32-58-59(33-43(42)2)65(51-37-48(61(3,4)46-22-12-8-13-23-46)36-49(38-51)62(5,6)47-24-14-9-15-25-47)41-64(58)50-34-45(44-20-10-7-11-21-44)35-53(39-50)67-52-29-30-55-54-26-16-17-27-56(54)66(57(55)40-52)60-28-18-19-31-63-60;/h7-38,41H,1-6H3;/q-3;. The van der Waals surface area contributed by atoms with Gasteiger partial charge in [-0.3, -0.25) is 0 Å². The molecule has 0 spiro atoms. The van der Waals surface area contributed by atoms with Crippen molar-refractivity contribution in [1.29, 1.82) is 0 Å². The molecule has 0 saturated carbocycles. The van der Waals surface area contributed by atoms with Crippen molar-refractivity contribution in [2.75, 3.05) is 9.80 Å². The second-order valence-electron chi connectivity index (χ2n) is 18.7. The molecule has 0 unspecified atom stereocenters. The first-order valence-electron chi connectivity index (χ1n) is 23.0. The monoisotopic (exact) mass is 1060 g/mol. The van der Waals surface area contributed by atoms with Gasteiger partial charge in [0.15, 0.2) is 0 Å². The summed E-state index contributed by atoms with van der Waals surface area (Å²) in [5.41, 5.74) is 15.1. The minimum Gasteiger partial charge on any atom is -0.509 e. The van der Waals surface area contributed by atoms with E-state index in [0.717, 1.165) is 61.5 Å². The number of hydrogen-bond acceptors (Lipinski definition) is 4. The predicted octanol–water partition coefficient (Wildman–Crippen LogP) is 15.9. The van der Waals surface area contributed by atoms with Gasteiger partial charge in [0.1, 0.15) is 5.82 Å². The van der Waals surface area contributed by atoms with Crippen LogP contribution in [0.15, 0.2) is 194 Å². The maximum atomic E-state index is 6.87. The third-order valence-electron chi connectivity index (χ3n) is 13.8. The summed E-state index contributed by atoms with van der Waals surface area (Å²) < 4.78 is 9.03. The zero-order valence-corrected chi connectivity index (χ0v) is 41.3. The van der Waals surface area contributed by atoms with E-state index in [2.05, 4.69) is 239 Å². The molecule has 1 aliphatic rings. The van der Waals surface area contributed by atoms with Gasteiger partial charge in [0, 0.05) is 72.2 Å².